The molecule has 0 fully saturated rings. The Morgan fingerprint density at radius 2 is 1.83 bits per heavy atom. The molecule has 0 aliphatic carbocycles. The Morgan fingerprint density at radius 3 is 2.38 bits per heavy atom. The minimum atomic E-state index is 0.196. The van der Waals surface area contributed by atoms with E-state index in [9.17, 15) is 5.11 Å². The Bertz CT molecular complexity index is 904. The van der Waals surface area contributed by atoms with Crippen LogP contribution < -0.4 is 0 Å². The third-order valence-corrected chi connectivity index (χ3v) is 4.92. The van der Waals surface area contributed by atoms with Gasteiger partial charge < -0.3 is 19.4 Å². The van der Waals surface area contributed by atoms with E-state index in [1.54, 1.807) is 12.1 Å². The fourth-order valence-electron chi connectivity index (χ4n) is 2.86. The number of oxime groups is 1. The Labute approximate surface area is 147 Å². The molecule has 2 aromatic heterocycles. The minimum Gasteiger partial charge on any atom is -0.508 e. The molecule has 0 bridgehead atoms. The van der Waals surface area contributed by atoms with Gasteiger partial charge in [0.2, 0.25) is 0 Å². The Morgan fingerprint density at radius 1 is 1.17 bits per heavy atom. The molecule has 6 nitrogen and oxygen atoms in total. The second kappa shape index (κ2) is 6.16. The van der Waals surface area contributed by atoms with E-state index in [0.717, 1.165) is 32.6 Å². The highest BCUT2D eigenvalue weighted by atomic mass is 79.9. The van der Waals surface area contributed by atoms with Gasteiger partial charge in [-0.05, 0) is 47.5 Å². The van der Waals surface area contributed by atoms with Crippen LogP contribution in [0.3, 0.4) is 0 Å². The van der Waals surface area contributed by atoms with Crippen LogP contribution in [0.15, 0.2) is 38.5 Å². The first-order chi connectivity index (χ1) is 11.5. The molecule has 0 amide bonds. The van der Waals surface area contributed by atoms with Crippen LogP contribution in [-0.4, -0.2) is 26.3 Å². The molecule has 0 radical (unpaired) electrons. The number of aromatic nitrogens is 2. The van der Waals surface area contributed by atoms with Crippen molar-refractivity contribution in [2.24, 2.45) is 12.2 Å². The molecule has 2 heterocycles. The highest BCUT2D eigenvalue weighted by Crippen LogP contribution is 2.44. The van der Waals surface area contributed by atoms with Crippen molar-refractivity contribution >= 4 is 22.1 Å². The SMILES string of the molecule is Cc1noc(C)c1-c1c(-c2ccc(O)cc2)c(Br)n(C)c1C=NO. The van der Waals surface area contributed by atoms with E-state index in [2.05, 4.69) is 26.2 Å². The summed E-state index contributed by atoms with van der Waals surface area (Å²) in [5, 5.41) is 25.9. The molecule has 124 valence electrons. The molecule has 0 spiro atoms. The Kier molecular flexibility index (Phi) is 4.19. The predicted molar refractivity (Wildman–Crippen MR) is 94.6 cm³/mol. The summed E-state index contributed by atoms with van der Waals surface area (Å²) in [5.41, 5.74) is 4.98. The summed E-state index contributed by atoms with van der Waals surface area (Å²) in [6.07, 6.45) is 1.38. The summed E-state index contributed by atoms with van der Waals surface area (Å²) < 4.78 is 8.02. The van der Waals surface area contributed by atoms with Gasteiger partial charge in [0.05, 0.1) is 27.8 Å². The molecule has 1 aromatic carbocycles. The van der Waals surface area contributed by atoms with Gasteiger partial charge in [-0.25, -0.2) is 0 Å². The first-order valence-corrected chi connectivity index (χ1v) is 8.03. The third kappa shape index (κ3) is 2.50. The lowest BCUT2D eigenvalue weighted by Crippen LogP contribution is -1.97. The van der Waals surface area contributed by atoms with E-state index in [0.29, 0.717) is 11.5 Å². The van der Waals surface area contributed by atoms with Crippen LogP contribution in [0, 0.1) is 13.8 Å². The second-order valence-electron chi connectivity index (χ2n) is 5.48. The number of rotatable bonds is 3. The number of nitrogens with zero attached hydrogens (tertiary/aromatic N) is 3. The van der Waals surface area contributed by atoms with Crippen molar-refractivity contribution in [2.75, 3.05) is 0 Å². The van der Waals surface area contributed by atoms with Crippen LogP contribution in [-0.2, 0) is 7.05 Å². The standard InChI is InChI=1S/C17H16BrN3O3/c1-9-14(10(2)24-20-9)16-13(8-19-23)21(3)17(18)15(16)11-4-6-12(22)7-5-11/h4-8,22-23H,1-3H3. The predicted octanol–water partition coefficient (Wildman–Crippen LogP) is 4.24. The van der Waals surface area contributed by atoms with E-state index >= 15 is 0 Å². The summed E-state index contributed by atoms with van der Waals surface area (Å²) in [4.78, 5) is 0. The van der Waals surface area contributed by atoms with Crippen molar-refractivity contribution in [3.05, 3.63) is 46.0 Å². The molecule has 0 aliphatic rings. The van der Waals surface area contributed by atoms with E-state index in [1.165, 1.54) is 6.21 Å². The fraction of sp³-hybridized carbons (Fsp3) is 0.176. The number of phenolic OH excluding ortho intramolecular Hbond substituents is 1. The molecule has 0 aliphatic heterocycles. The van der Waals surface area contributed by atoms with Gasteiger partial charge >= 0.3 is 0 Å². The van der Waals surface area contributed by atoms with Gasteiger partial charge in [0.25, 0.3) is 0 Å². The molecule has 0 unspecified atom stereocenters. The first kappa shape index (κ1) is 16.3. The van der Waals surface area contributed by atoms with Crippen molar-refractivity contribution in [1.29, 1.82) is 0 Å². The van der Waals surface area contributed by atoms with Crippen molar-refractivity contribution < 1.29 is 14.8 Å². The summed E-state index contributed by atoms with van der Waals surface area (Å²) >= 11 is 3.62. The topological polar surface area (TPSA) is 83.8 Å². The first-order valence-electron chi connectivity index (χ1n) is 7.24. The average Bonchev–Trinajstić information content (AvgIpc) is 3.00. The van der Waals surface area contributed by atoms with Crippen LogP contribution in [0.1, 0.15) is 17.1 Å². The van der Waals surface area contributed by atoms with Gasteiger partial charge in [-0.3, -0.25) is 0 Å². The second-order valence-corrected chi connectivity index (χ2v) is 6.23. The van der Waals surface area contributed by atoms with Crippen LogP contribution in [0.25, 0.3) is 22.3 Å². The summed E-state index contributed by atoms with van der Waals surface area (Å²) in [6.45, 7) is 3.71. The molecule has 7 heteroatoms. The minimum absolute atomic E-state index is 0.196. The van der Waals surface area contributed by atoms with Crippen molar-refractivity contribution in [1.82, 2.24) is 9.72 Å². The third-order valence-electron chi connectivity index (χ3n) is 3.99. The van der Waals surface area contributed by atoms with Gasteiger partial charge in [-0.2, -0.15) is 0 Å². The average molecular weight is 390 g/mol. The van der Waals surface area contributed by atoms with E-state index in [1.807, 2.05) is 37.6 Å². The lowest BCUT2D eigenvalue weighted by atomic mass is 9.95. The quantitative estimate of drug-likeness (QED) is 0.398. The fourth-order valence-corrected chi connectivity index (χ4v) is 3.48. The van der Waals surface area contributed by atoms with Gasteiger partial charge in [-0.15, -0.1) is 0 Å². The summed E-state index contributed by atoms with van der Waals surface area (Å²) in [5.74, 6) is 0.875. The van der Waals surface area contributed by atoms with Crippen molar-refractivity contribution in [3.63, 3.8) is 0 Å². The number of aromatic hydroxyl groups is 1. The Balaban J connectivity index is 2.41. The molecule has 0 atom stereocenters. The van der Waals surface area contributed by atoms with E-state index < -0.39 is 0 Å². The lowest BCUT2D eigenvalue weighted by Gasteiger charge is -2.06. The maximum Gasteiger partial charge on any atom is 0.141 e. The van der Waals surface area contributed by atoms with Gasteiger partial charge in [0.1, 0.15) is 11.5 Å². The summed E-state index contributed by atoms with van der Waals surface area (Å²) in [7, 11) is 1.87. The van der Waals surface area contributed by atoms with Gasteiger partial charge in [-0.1, -0.05) is 22.4 Å². The largest absolute Gasteiger partial charge is 0.508 e. The van der Waals surface area contributed by atoms with E-state index in [-0.39, 0.29) is 5.75 Å². The number of phenols is 1. The molecule has 0 saturated carbocycles. The smallest absolute Gasteiger partial charge is 0.141 e. The zero-order chi connectivity index (χ0) is 17.4. The Hall–Kier alpha value is -2.54. The molecule has 2 N–H and O–H groups in total. The molecular formula is C17H16BrN3O3. The zero-order valence-corrected chi connectivity index (χ0v) is 15.0. The monoisotopic (exact) mass is 389 g/mol. The van der Waals surface area contributed by atoms with Crippen LogP contribution >= 0.6 is 15.9 Å². The number of benzene rings is 1. The van der Waals surface area contributed by atoms with Gasteiger partial charge in [0, 0.05) is 18.2 Å². The maximum atomic E-state index is 9.56. The molecule has 3 aromatic rings. The molecule has 0 saturated heterocycles. The van der Waals surface area contributed by atoms with E-state index in [4.69, 9.17) is 9.73 Å². The number of hydrogen-bond donors (Lipinski definition) is 2. The normalized spacial score (nSPS) is 11.5. The van der Waals surface area contributed by atoms with Crippen molar-refractivity contribution in [2.45, 2.75) is 13.8 Å². The molecule has 24 heavy (non-hydrogen) atoms. The lowest BCUT2D eigenvalue weighted by molar-refractivity contribution is 0.321. The zero-order valence-electron chi connectivity index (χ0n) is 13.4. The number of hydrogen-bond acceptors (Lipinski definition) is 5. The molecule has 3 rings (SSSR count). The highest BCUT2D eigenvalue weighted by Gasteiger charge is 2.26. The molecular weight excluding hydrogens is 374 g/mol. The van der Waals surface area contributed by atoms with Crippen LogP contribution in [0.2, 0.25) is 0 Å². The maximum absolute atomic E-state index is 9.56. The number of aryl methyl sites for hydroxylation is 2. The number of halogens is 1. The van der Waals surface area contributed by atoms with Gasteiger partial charge in [0.15, 0.2) is 0 Å². The van der Waals surface area contributed by atoms with Crippen LogP contribution in [0.5, 0.6) is 5.75 Å². The highest BCUT2D eigenvalue weighted by molar-refractivity contribution is 9.10. The summed E-state index contributed by atoms with van der Waals surface area (Å²) in [6, 6.07) is 6.92. The van der Waals surface area contributed by atoms with Crippen LogP contribution in [0.4, 0.5) is 0 Å². The van der Waals surface area contributed by atoms with Crippen molar-refractivity contribution in [3.8, 4) is 28.0 Å².